The van der Waals surface area contributed by atoms with Crippen molar-refractivity contribution in [3.63, 3.8) is 0 Å². The summed E-state index contributed by atoms with van der Waals surface area (Å²) >= 11 is 0. The number of hydrogen-bond donors (Lipinski definition) is 2. The van der Waals surface area contributed by atoms with E-state index < -0.39 is 0 Å². The predicted octanol–water partition coefficient (Wildman–Crippen LogP) is 3.25. The van der Waals surface area contributed by atoms with Gasteiger partial charge in [-0.15, -0.1) is 10.2 Å². The molecular formula is C14H21N5. The predicted molar refractivity (Wildman–Crippen MR) is 76.8 cm³/mol. The molecule has 5 nitrogen and oxygen atoms in total. The molecule has 1 aromatic carbocycles. The fourth-order valence-corrected chi connectivity index (χ4v) is 2.10. The third-order valence-electron chi connectivity index (χ3n) is 3.24. The number of tetrazole rings is 1. The summed E-state index contributed by atoms with van der Waals surface area (Å²) in [6, 6.07) is 8.68. The number of unbranched alkanes of at least 4 members (excludes halogenated alkanes) is 1. The van der Waals surface area contributed by atoms with Crippen molar-refractivity contribution in [1.29, 1.82) is 0 Å². The summed E-state index contributed by atoms with van der Waals surface area (Å²) < 4.78 is 0. The summed E-state index contributed by atoms with van der Waals surface area (Å²) in [6.07, 6.45) is 4.84. The number of hydrogen-bond acceptors (Lipinski definition) is 4. The quantitative estimate of drug-likeness (QED) is 0.801. The Balaban J connectivity index is 2.06. The van der Waals surface area contributed by atoms with E-state index in [1.54, 1.807) is 0 Å². The van der Waals surface area contributed by atoms with Crippen molar-refractivity contribution in [3.05, 3.63) is 24.3 Å². The molecule has 2 N–H and O–H groups in total. The Morgan fingerprint density at radius 2 is 2.21 bits per heavy atom. The molecule has 19 heavy (non-hydrogen) atoms. The molecule has 1 aromatic heterocycles. The smallest absolute Gasteiger partial charge is 0.204 e. The summed E-state index contributed by atoms with van der Waals surface area (Å²) in [4.78, 5) is 0. The van der Waals surface area contributed by atoms with Gasteiger partial charge in [-0.1, -0.05) is 38.8 Å². The van der Waals surface area contributed by atoms with Crippen LogP contribution in [0.1, 0.15) is 39.5 Å². The summed E-state index contributed by atoms with van der Waals surface area (Å²) in [6.45, 7) is 4.44. The molecule has 0 saturated carbocycles. The maximum atomic E-state index is 4.00. The molecule has 0 aliphatic rings. The molecule has 0 aliphatic heterocycles. The summed E-state index contributed by atoms with van der Waals surface area (Å²) in [5.41, 5.74) is 2.09. The SMILES string of the molecule is CCCCC(CC)Nc1cccc(-c2nn[nH]n2)c1. The van der Waals surface area contributed by atoms with Crippen LogP contribution in [-0.4, -0.2) is 26.7 Å². The lowest BCUT2D eigenvalue weighted by Crippen LogP contribution is -2.18. The molecule has 0 bridgehead atoms. The van der Waals surface area contributed by atoms with Gasteiger partial charge in [-0.2, -0.15) is 5.21 Å². The Hall–Kier alpha value is -1.91. The zero-order chi connectivity index (χ0) is 13.5. The molecule has 1 atom stereocenters. The van der Waals surface area contributed by atoms with Crippen LogP contribution in [0.4, 0.5) is 5.69 Å². The topological polar surface area (TPSA) is 66.5 Å². The Bertz CT molecular complexity index is 480. The second-order valence-electron chi connectivity index (χ2n) is 4.71. The van der Waals surface area contributed by atoms with Gasteiger partial charge in [0.15, 0.2) is 0 Å². The van der Waals surface area contributed by atoms with Crippen LogP contribution in [0.2, 0.25) is 0 Å². The maximum Gasteiger partial charge on any atom is 0.204 e. The fourth-order valence-electron chi connectivity index (χ4n) is 2.10. The molecule has 0 fully saturated rings. The highest BCUT2D eigenvalue weighted by Crippen LogP contribution is 2.20. The standard InChI is InChI=1S/C14H21N5/c1-3-5-8-12(4-2)15-13-9-6-7-11(10-13)14-16-18-19-17-14/h6-7,9-10,12,15H,3-5,8H2,1-2H3,(H,16,17,18,19). The zero-order valence-electron chi connectivity index (χ0n) is 11.6. The number of rotatable bonds is 7. The fraction of sp³-hybridized carbons (Fsp3) is 0.500. The van der Waals surface area contributed by atoms with Gasteiger partial charge in [0.25, 0.3) is 0 Å². The minimum atomic E-state index is 0.528. The molecule has 1 unspecified atom stereocenters. The van der Waals surface area contributed by atoms with Gasteiger partial charge in [-0.3, -0.25) is 0 Å². The van der Waals surface area contributed by atoms with Gasteiger partial charge in [0.2, 0.25) is 5.82 Å². The van der Waals surface area contributed by atoms with Gasteiger partial charge >= 0.3 is 0 Å². The van der Waals surface area contributed by atoms with Gasteiger partial charge < -0.3 is 5.32 Å². The number of H-pyrrole nitrogens is 1. The van der Waals surface area contributed by atoms with Crippen molar-refractivity contribution in [2.24, 2.45) is 0 Å². The van der Waals surface area contributed by atoms with Gasteiger partial charge in [-0.25, -0.2) is 0 Å². The first kappa shape index (κ1) is 13.5. The molecule has 0 saturated heterocycles. The molecule has 0 spiro atoms. The molecular weight excluding hydrogens is 238 g/mol. The Morgan fingerprint density at radius 1 is 1.32 bits per heavy atom. The average molecular weight is 259 g/mol. The third-order valence-corrected chi connectivity index (χ3v) is 3.24. The first-order chi connectivity index (χ1) is 9.33. The Kier molecular flexibility index (Phi) is 4.89. The molecule has 0 radical (unpaired) electrons. The van der Waals surface area contributed by atoms with Crippen LogP contribution >= 0.6 is 0 Å². The lowest BCUT2D eigenvalue weighted by Gasteiger charge is -2.18. The monoisotopic (exact) mass is 259 g/mol. The molecule has 0 amide bonds. The lowest BCUT2D eigenvalue weighted by molar-refractivity contribution is 0.593. The number of nitrogens with zero attached hydrogens (tertiary/aromatic N) is 3. The highest BCUT2D eigenvalue weighted by atomic mass is 15.5. The second kappa shape index (κ2) is 6.87. The zero-order valence-corrected chi connectivity index (χ0v) is 11.6. The first-order valence-electron chi connectivity index (χ1n) is 6.94. The van der Waals surface area contributed by atoms with E-state index in [0.29, 0.717) is 11.9 Å². The van der Waals surface area contributed by atoms with Gasteiger partial charge in [0.05, 0.1) is 0 Å². The van der Waals surface area contributed by atoms with Crippen molar-refractivity contribution >= 4 is 5.69 Å². The van der Waals surface area contributed by atoms with Gasteiger partial charge in [0, 0.05) is 17.3 Å². The van der Waals surface area contributed by atoms with E-state index in [-0.39, 0.29) is 0 Å². The van der Waals surface area contributed by atoms with E-state index in [1.807, 2.05) is 12.1 Å². The average Bonchev–Trinajstić information content (AvgIpc) is 2.98. The molecule has 0 aliphatic carbocycles. The maximum absolute atomic E-state index is 4.00. The molecule has 2 aromatic rings. The third kappa shape index (κ3) is 3.77. The Morgan fingerprint density at radius 3 is 2.89 bits per heavy atom. The molecule has 102 valence electrons. The van der Waals surface area contributed by atoms with Crippen LogP contribution in [0.5, 0.6) is 0 Å². The highest BCUT2D eigenvalue weighted by Gasteiger charge is 2.07. The number of aromatic nitrogens is 4. The van der Waals surface area contributed by atoms with Gasteiger partial charge in [-0.05, 0) is 30.2 Å². The van der Waals surface area contributed by atoms with Gasteiger partial charge in [0.1, 0.15) is 0 Å². The van der Waals surface area contributed by atoms with Crippen molar-refractivity contribution < 1.29 is 0 Å². The number of aromatic amines is 1. The van der Waals surface area contributed by atoms with E-state index in [2.05, 4.69) is 51.9 Å². The highest BCUT2D eigenvalue weighted by molar-refractivity contribution is 5.61. The summed E-state index contributed by atoms with van der Waals surface area (Å²) in [7, 11) is 0. The molecule has 2 rings (SSSR count). The number of nitrogens with one attached hydrogen (secondary N) is 2. The van der Waals surface area contributed by atoms with E-state index in [4.69, 9.17) is 0 Å². The normalized spacial score (nSPS) is 12.3. The summed E-state index contributed by atoms with van der Waals surface area (Å²) in [5.74, 6) is 0.630. The minimum Gasteiger partial charge on any atom is -0.382 e. The van der Waals surface area contributed by atoms with Crippen LogP contribution in [0, 0.1) is 0 Å². The summed E-state index contributed by atoms with van der Waals surface area (Å²) in [5, 5.41) is 17.6. The van der Waals surface area contributed by atoms with Crippen LogP contribution < -0.4 is 5.32 Å². The molecule has 5 heteroatoms. The van der Waals surface area contributed by atoms with Crippen molar-refractivity contribution in [3.8, 4) is 11.4 Å². The molecule has 1 heterocycles. The first-order valence-corrected chi connectivity index (χ1v) is 6.94. The van der Waals surface area contributed by atoms with Crippen molar-refractivity contribution in [1.82, 2.24) is 20.6 Å². The van der Waals surface area contributed by atoms with Crippen LogP contribution in [-0.2, 0) is 0 Å². The lowest BCUT2D eigenvalue weighted by atomic mass is 10.1. The number of benzene rings is 1. The van der Waals surface area contributed by atoms with Crippen molar-refractivity contribution in [2.45, 2.75) is 45.6 Å². The second-order valence-corrected chi connectivity index (χ2v) is 4.71. The van der Waals surface area contributed by atoms with Crippen LogP contribution in [0.3, 0.4) is 0 Å². The van der Waals surface area contributed by atoms with E-state index in [9.17, 15) is 0 Å². The van der Waals surface area contributed by atoms with Crippen molar-refractivity contribution in [2.75, 3.05) is 5.32 Å². The van der Waals surface area contributed by atoms with Crippen LogP contribution in [0.15, 0.2) is 24.3 Å². The van der Waals surface area contributed by atoms with E-state index in [1.165, 1.54) is 19.3 Å². The largest absolute Gasteiger partial charge is 0.382 e. The van der Waals surface area contributed by atoms with E-state index in [0.717, 1.165) is 17.7 Å². The number of anilines is 1. The minimum absolute atomic E-state index is 0.528. The van der Waals surface area contributed by atoms with Crippen LogP contribution in [0.25, 0.3) is 11.4 Å². The Labute approximate surface area is 113 Å². The van der Waals surface area contributed by atoms with E-state index >= 15 is 0 Å².